The number of para-hydroxylation sites is 1. The molecule has 2 aromatic rings. The third kappa shape index (κ3) is 1.17. The Labute approximate surface area is 86.0 Å². The van der Waals surface area contributed by atoms with E-state index in [1.165, 1.54) is 0 Å². The van der Waals surface area contributed by atoms with Crippen LogP contribution in [0.5, 0.6) is 0 Å². The molecule has 0 fully saturated rings. The van der Waals surface area contributed by atoms with Gasteiger partial charge in [0.15, 0.2) is 6.19 Å². The average Bonchev–Trinajstić information content (AvgIpc) is 2.52. The van der Waals surface area contributed by atoms with Crippen molar-refractivity contribution in [2.75, 3.05) is 0 Å². The van der Waals surface area contributed by atoms with Gasteiger partial charge in [-0.25, -0.2) is 9.36 Å². The number of benzene rings is 1. The largest absolute Gasteiger partial charge is 0.477 e. The Balaban J connectivity index is 2.98. The molecule has 0 saturated carbocycles. The summed E-state index contributed by atoms with van der Waals surface area (Å²) >= 11 is 0. The Bertz CT molecular complexity index is 590. The lowest BCUT2D eigenvalue weighted by molar-refractivity contribution is 0.0688. The fraction of sp³-hybridized carbons (Fsp3) is 0.0909. The van der Waals surface area contributed by atoms with E-state index in [9.17, 15) is 4.79 Å². The summed E-state index contributed by atoms with van der Waals surface area (Å²) in [7, 11) is 0. The fourth-order valence-electron chi connectivity index (χ4n) is 1.76. The first kappa shape index (κ1) is 9.28. The Kier molecular flexibility index (Phi) is 1.94. The summed E-state index contributed by atoms with van der Waals surface area (Å²) in [6, 6.07) is 7.15. The lowest BCUT2D eigenvalue weighted by atomic mass is 10.1. The third-order valence-corrected chi connectivity index (χ3v) is 2.43. The lowest BCUT2D eigenvalue weighted by Crippen LogP contribution is -2.05. The van der Waals surface area contributed by atoms with Crippen LogP contribution in [0, 0.1) is 18.4 Å². The van der Waals surface area contributed by atoms with Crippen LogP contribution >= 0.6 is 0 Å². The quantitative estimate of drug-likeness (QED) is 0.765. The summed E-state index contributed by atoms with van der Waals surface area (Å²) in [4.78, 5) is 11.0. The molecule has 1 aromatic carbocycles. The lowest BCUT2D eigenvalue weighted by Gasteiger charge is -1.95. The van der Waals surface area contributed by atoms with Crippen LogP contribution in [0.4, 0.5) is 0 Å². The Morgan fingerprint density at radius 3 is 2.73 bits per heavy atom. The van der Waals surface area contributed by atoms with E-state index in [2.05, 4.69) is 0 Å². The first-order valence-electron chi connectivity index (χ1n) is 4.40. The molecule has 2 rings (SSSR count). The van der Waals surface area contributed by atoms with Crippen molar-refractivity contribution in [1.82, 2.24) is 4.57 Å². The van der Waals surface area contributed by atoms with Crippen LogP contribution < -0.4 is 0 Å². The highest BCUT2D eigenvalue weighted by atomic mass is 16.4. The summed E-state index contributed by atoms with van der Waals surface area (Å²) in [6.07, 6.45) is 1.88. The van der Waals surface area contributed by atoms with Crippen molar-refractivity contribution in [2.24, 2.45) is 0 Å². The van der Waals surface area contributed by atoms with Crippen LogP contribution in [0.3, 0.4) is 0 Å². The molecule has 1 heterocycles. The molecule has 1 N–H and O–H groups in total. The van der Waals surface area contributed by atoms with E-state index in [0.29, 0.717) is 11.1 Å². The van der Waals surface area contributed by atoms with E-state index in [1.54, 1.807) is 19.1 Å². The van der Waals surface area contributed by atoms with E-state index < -0.39 is 5.97 Å². The molecule has 1 aromatic heterocycles. The summed E-state index contributed by atoms with van der Waals surface area (Å²) in [5, 5.41) is 18.7. The molecule has 0 aliphatic carbocycles. The second-order valence-electron chi connectivity index (χ2n) is 3.23. The Morgan fingerprint density at radius 1 is 1.47 bits per heavy atom. The zero-order valence-electron chi connectivity index (χ0n) is 8.06. The van der Waals surface area contributed by atoms with Crippen molar-refractivity contribution in [3.05, 3.63) is 35.5 Å². The SMILES string of the molecule is Cc1c(C(=O)O)n(C#N)c2ccccc12. The molecule has 0 bridgehead atoms. The van der Waals surface area contributed by atoms with Crippen molar-refractivity contribution in [3.8, 4) is 6.19 Å². The van der Waals surface area contributed by atoms with E-state index in [1.807, 2.05) is 18.3 Å². The van der Waals surface area contributed by atoms with Gasteiger partial charge in [0.05, 0.1) is 5.52 Å². The van der Waals surface area contributed by atoms with Crippen molar-refractivity contribution in [3.63, 3.8) is 0 Å². The smallest absolute Gasteiger partial charge is 0.353 e. The van der Waals surface area contributed by atoms with Crippen molar-refractivity contribution in [1.29, 1.82) is 5.26 Å². The summed E-state index contributed by atoms with van der Waals surface area (Å²) in [5.74, 6) is -1.08. The van der Waals surface area contributed by atoms with Gasteiger partial charge in [-0.15, -0.1) is 0 Å². The van der Waals surface area contributed by atoms with Gasteiger partial charge in [0.2, 0.25) is 0 Å². The zero-order valence-corrected chi connectivity index (χ0v) is 8.06. The van der Waals surface area contributed by atoms with Gasteiger partial charge in [-0.3, -0.25) is 0 Å². The maximum absolute atomic E-state index is 11.0. The average molecular weight is 200 g/mol. The maximum atomic E-state index is 11.0. The normalized spacial score (nSPS) is 10.1. The Morgan fingerprint density at radius 2 is 2.13 bits per heavy atom. The Hall–Kier alpha value is -2.28. The number of hydrogen-bond acceptors (Lipinski definition) is 2. The number of carbonyl (C=O) groups is 1. The van der Waals surface area contributed by atoms with Gasteiger partial charge in [0.1, 0.15) is 5.69 Å². The number of aromatic carboxylic acids is 1. The van der Waals surface area contributed by atoms with Gasteiger partial charge in [0, 0.05) is 5.39 Å². The molecule has 0 unspecified atom stereocenters. The van der Waals surface area contributed by atoms with Crippen LogP contribution in [0.1, 0.15) is 16.1 Å². The van der Waals surface area contributed by atoms with Crippen molar-refractivity contribution >= 4 is 16.9 Å². The van der Waals surface area contributed by atoms with E-state index in [4.69, 9.17) is 10.4 Å². The number of hydrogen-bond donors (Lipinski definition) is 1. The number of nitrogens with zero attached hydrogens (tertiary/aromatic N) is 2. The number of nitriles is 1. The van der Waals surface area contributed by atoms with Gasteiger partial charge in [-0.2, -0.15) is 5.26 Å². The zero-order chi connectivity index (χ0) is 11.0. The van der Waals surface area contributed by atoms with Crippen LogP contribution in [0.15, 0.2) is 24.3 Å². The van der Waals surface area contributed by atoms with Gasteiger partial charge in [-0.05, 0) is 18.6 Å². The minimum Gasteiger partial charge on any atom is -0.477 e. The predicted octanol–water partition coefficient (Wildman–Crippen LogP) is 1.98. The van der Waals surface area contributed by atoms with Crippen LogP contribution in [0.25, 0.3) is 10.9 Å². The number of rotatable bonds is 1. The first-order chi connectivity index (χ1) is 7.16. The number of aromatic nitrogens is 1. The molecule has 15 heavy (non-hydrogen) atoms. The minimum atomic E-state index is -1.08. The van der Waals surface area contributed by atoms with Crippen molar-refractivity contribution in [2.45, 2.75) is 6.92 Å². The number of carboxylic acid groups (broad SMARTS) is 1. The van der Waals surface area contributed by atoms with E-state index in [0.717, 1.165) is 9.95 Å². The molecule has 0 spiro atoms. The first-order valence-corrected chi connectivity index (χ1v) is 4.40. The molecule has 0 atom stereocenters. The maximum Gasteiger partial charge on any atom is 0.353 e. The van der Waals surface area contributed by atoms with Crippen molar-refractivity contribution < 1.29 is 9.90 Å². The summed E-state index contributed by atoms with van der Waals surface area (Å²) in [5.41, 5.74) is 1.30. The van der Waals surface area contributed by atoms with Crippen LogP contribution in [0.2, 0.25) is 0 Å². The second kappa shape index (κ2) is 3.14. The predicted molar refractivity (Wildman–Crippen MR) is 54.6 cm³/mol. The molecule has 0 aliphatic rings. The molecule has 4 nitrogen and oxygen atoms in total. The highest BCUT2D eigenvalue weighted by Crippen LogP contribution is 2.24. The molecule has 0 amide bonds. The van der Waals surface area contributed by atoms with Gasteiger partial charge < -0.3 is 5.11 Å². The number of carboxylic acids is 1. The molecule has 4 heteroatoms. The fourth-order valence-corrected chi connectivity index (χ4v) is 1.76. The highest BCUT2D eigenvalue weighted by molar-refractivity contribution is 5.98. The third-order valence-electron chi connectivity index (χ3n) is 2.43. The van der Waals surface area contributed by atoms with Gasteiger partial charge >= 0.3 is 5.97 Å². The standard InChI is InChI=1S/C11H8N2O2/c1-7-8-4-2-3-5-9(8)13(6-12)10(7)11(14)15/h2-5H,1H3,(H,14,15). The molecular formula is C11H8N2O2. The molecule has 0 radical (unpaired) electrons. The molecule has 74 valence electrons. The molecule has 0 saturated heterocycles. The molecule has 0 aliphatic heterocycles. The van der Waals surface area contributed by atoms with E-state index in [-0.39, 0.29) is 5.69 Å². The van der Waals surface area contributed by atoms with E-state index >= 15 is 0 Å². The topological polar surface area (TPSA) is 66.0 Å². The molecular weight excluding hydrogens is 192 g/mol. The summed E-state index contributed by atoms with van der Waals surface area (Å²) < 4.78 is 1.15. The van der Waals surface area contributed by atoms with Crippen LogP contribution in [-0.4, -0.2) is 15.6 Å². The van der Waals surface area contributed by atoms with Gasteiger partial charge in [0.25, 0.3) is 0 Å². The second-order valence-corrected chi connectivity index (χ2v) is 3.23. The number of aryl methyl sites for hydroxylation is 1. The van der Waals surface area contributed by atoms with Gasteiger partial charge in [-0.1, -0.05) is 18.2 Å². The monoisotopic (exact) mass is 200 g/mol. The van der Waals surface area contributed by atoms with Crippen LogP contribution in [-0.2, 0) is 0 Å². The summed E-state index contributed by atoms with van der Waals surface area (Å²) in [6.45, 7) is 1.71. The minimum absolute atomic E-state index is 0.0405. The number of fused-ring (bicyclic) bond motifs is 1. The highest BCUT2D eigenvalue weighted by Gasteiger charge is 2.18.